The highest BCUT2D eigenvalue weighted by Crippen LogP contribution is 2.83. The molecule has 0 radical (unpaired) electrons. The number of hydrogen-bond acceptors (Lipinski definition) is 11. The van der Waals surface area contributed by atoms with Crippen LogP contribution in [0.4, 0.5) is 4.79 Å². The fourth-order valence-electron chi connectivity index (χ4n) is 8.45. The molecule has 35 heavy (non-hydrogen) atoms. The van der Waals surface area contributed by atoms with E-state index in [0.717, 1.165) is 12.8 Å². The van der Waals surface area contributed by atoms with Crippen molar-refractivity contribution in [3.05, 3.63) is 0 Å². The van der Waals surface area contributed by atoms with Crippen LogP contribution in [-0.2, 0) is 38.1 Å². The molecule has 4 heterocycles. The maximum atomic E-state index is 13.6. The fourth-order valence-corrected chi connectivity index (χ4v) is 8.45. The average Bonchev–Trinajstić information content (AvgIpc) is 3.51. The Morgan fingerprint density at radius 1 is 1.20 bits per heavy atom. The molecule has 5 unspecified atom stereocenters. The van der Waals surface area contributed by atoms with Crippen molar-refractivity contribution in [2.75, 3.05) is 6.51 Å². The minimum Gasteiger partial charge on any atom is -0.489 e. The van der Waals surface area contributed by atoms with Crippen molar-refractivity contribution in [2.45, 2.75) is 81.4 Å². The highest BCUT2D eigenvalue weighted by atomic mass is 16.8. The van der Waals surface area contributed by atoms with Crippen molar-refractivity contribution in [1.29, 1.82) is 0 Å². The zero-order valence-electron chi connectivity index (χ0n) is 19.3. The van der Waals surface area contributed by atoms with Gasteiger partial charge in [-0.15, -0.1) is 0 Å². The van der Waals surface area contributed by atoms with Gasteiger partial charge in [-0.25, -0.2) is 9.59 Å². The van der Waals surface area contributed by atoms with E-state index in [1.165, 1.54) is 6.92 Å². The standard InChI is InChI=1S/C22H27BO12/c1-3-4-5-9-6-10-20-11(24)12-21(30,8(2)14(25)33-12)22(20,16(27)32-10)35-17-19(9,20)13(15(26)34-17)31-7-23-18(28)29/h8-13,17,23-24,30H,3-7H2,1-2H3,(H,28,29)/t8?,9-,10?,11-,12?,13-,17-,19?,20?,21+,22-/m1/s1. The molecule has 190 valence electrons. The molecule has 0 aromatic rings. The van der Waals surface area contributed by atoms with Crippen molar-refractivity contribution < 1.29 is 58.2 Å². The van der Waals surface area contributed by atoms with Gasteiger partial charge in [0.25, 0.3) is 7.28 Å². The Kier molecular flexibility index (Phi) is 4.61. The number of esters is 3. The summed E-state index contributed by atoms with van der Waals surface area (Å²) in [7, 11) is -0.383. The van der Waals surface area contributed by atoms with Gasteiger partial charge < -0.3 is 39.0 Å². The van der Waals surface area contributed by atoms with Crippen molar-refractivity contribution in [1.82, 2.24) is 0 Å². The smallest absolute Gasteiger partial charge is 0.343 e. The van der Waals surface area contributed by atoms with Crippen LogP contribution in [0.25, 0.3) is 0 Å². The second kappa shape index (κ2) is 6.96. The number of carboxylic acid groups (broad SMARTS) is 1. The second-order valence-corrected chi connectivity index (χ2v) is 10.6. The van der Waals surface area contributed by atoms with Crippen LogP contribution in [0, 0.1) is 22.7 Å². The van der Waals surface area contributed by atoms with E-state index in [2.05, 4.69) is 0 Å². The topological polar surface area (TPSA) is 175 Å². The van der Waals surface area contributed by atoms with E-state index in [1.807, 2.05) is 6.92 Å². The highest BCUT2D eigenvalue weighted by Gasteiger charge is 3.03. The van der Waals surface area contributed by atoms with Crippen LogP contribution in [0.3, 0.4) is 0 Å². The minimum absolute atomic E-state index is 0.255. The van der Waals surface area contributed by atoms with Gasteiger partial charge in [0.15, 0.2) is 17.8 Å². The monoisotopic (exact) mass is 494 g/mol. The predicted octanol–water partition coefficient (Wildman–Crippen LogP) is -1.13. The Morgan fingerprint density at radius 2 is 1.94 bits per heavy atom. The lowest BCUT2D eigenvalue weighted by Gasteiger charge is -2.45. The van der Waals surface area contributed by atoms with E-state index >= 15 is 0 Å². The third-order valence-corrected chi connectivity index (χ3v) is 9.58. The first-order valence-electron chi connectivity index (χ1n) is 12.1. The predicted molar refractivity (Wildman–Crippen MR) is 111 cm³/mol. The molecule has 0 bridgehead atoms. The third kappa shape index (κ3) is 2.10. The SMILES string of the molecule is CCCC[C@@H]1CC2OC(=O)[C@@]34O[C@H]5OC(=O)[C@@H](OCBC(=O)O)C15C23[C@H](O)C1OC(=O)C(C)[C@]14O. The number of hydrogen-bond donors (Lipinski definition) is 3. The molecule has 4 saturated heterocycles. The van der Waals surface area contributed by atoms with Gasteiger partial charge in [0.2, 0.25) is 17.8 Å². The first kappa shape index (κ1) is 23.2. The first-order chi connectivity index (χ1) is 16.6. The molecular weight excluding hydrogens is 467 g/mol. The number of carbonyl (C=O) groups excluding carboxylic acids is 3. The zero-order chi connectivity index (χ0) is 25.1. The summed E-state index contributed by atoms with van der Waals surface area (Å²) in [4.78, 5) is 50.4. The fraction of sp³-hybridized carbons (Fsp3) is 0.818. The Labute approximate surface area is 200 Å². The van der Waals surface area contributed by atoms with E-state index in [0.29, 0.717) is 6.42 Å². The van der Waals surface area contributed by atoms with Gasteiger partial charge in [0.1, 0.15) is 12.2 Å². The van der Waals surface area contributed by atoms with Crippen molar-refractivity contribution in [2.24, 2.45) is 22.7 Å². The first-order valence-corrected chi connectivity index (χ1v) is 12.1. The van der Waals surface area contributed by atoms with E-state index in [1.54, 1.807) is 0 Å². The highest BCUT2D eigenvalue weighted by molar-refractivity contribution is 6.71. The number of unbranched alkanes of at least 4 members (excludes halogenated alkanes) is 1. The molecule has 2 aliphatic carbocycles. The van der Waals surface area contributed by atoms with Crippen LogP contribution < -0.4 is 0 Å². The maximum Gasteiger partial charge on any atom is 0.343 e. The van der Waals surface area contributed by atoms with Crippen LogP contribution >= 0.6 is 0 Å². The van der Waals surface area contributed by atoms with Gasteiger partial charge in [0.05, 0.1) is 16.7 Å². The molecule has 6 fully saturated rings. The van der Waals surface area contributed by atoms with E-state index in [-0.39, 0.29) is 20.2 Å². The van der Waals surface area contributed by atoms with Gasteiger partial charge in [0, 0.05) is 6.51 Å². The maximum absolute atomic E-state index is 13.6. The molecule has 11 atom stereocenters. The number of carbonyl (C=O) groups is 4. The minimum atomic E-state index is -2.27. The molecule has 4 aliphatic heterocycles. The molecule has 12 nitrogen and oxygen atoms in total. The number of fused-ring (bicyclic) bond motifs is 1. The molecule has 0 aromatic carbocycles. The quantitative estimate of drug-likeness (QED) is 0.221. The van der Waals surface area contributed by atoms with Gasteiger partial charge >= 0.3 is 17.9 Å². The molecule has 6 rings (SSSR count). The molecule has 2 spiro atoms. The lowest BCUT2D eigenvalue weighted by molar-refractivity contribution is -0.238. The molecule has 2 saturated carbocycles. The molecular formula is C22H27BO12. The summed E-state index contributed by atoms with van der Waals surface area (Å²) in [6, 6.07) is 0. The lowest BCUT2D eigenvalue weighted by atomic mass is 9.53. The molecule has 3 N–H and O–H groups in total. The van der Waals surface area contributed by atoms with Crippen LogP contribution in [0.5, 0.6) is 0 Å². The van der Waals surface area contributed by atoms with Crippen LogP contribution in [0.1, 0.15) is 39.5 Å². The Balaban J connectivity index is 1.58. The van der Waals surface area contributed by atoms with Gasteiger partial charge in [-0.1, -0.05) is 19.8 Å². The summed E-state index contributed by atoms with van der Waals surface area (Å²) in [5.41, 5.74) is -7.69. The van der Waals surface area contributed by atoms with E-state index in [9.17, 15) is 29.4 Å². The van der Waals surface area contributed by atoms with Crippen molar-refractivity contribution in [3.63, 3.8) is 0 Å². The van der Waals surface area contributed by atoms with Crippen LogP contribution in [-0.4, -0.2) is 94.8 Å². The molecule has 0 aromatic heterocycles. The number of rotatable bonds is 7. The largest absolute Gasteiger partial charge is 0.489 e. The Morgan fingerprint density at radius 3 is 2.63 bits per heavy atom. The van der Waals surface area contributed by atoms with Crippen molar-refractivity contribution in [3.8, 4) is 0 Å². The normalized spacial score (nSPS) is 52.5. The Bertz CT molecular complexity index is 1030. The number of aliphatic hydroxyl groups is 2. The van der Waals surface area contributed by atoms with Crippen LogP contribution in [0.15, 0.2) is 0 Å². The summed E-state index contributed by atoms with van der Waals surface area (Å²) >= 11 is 0. The zero-order valence-corrected chi connectivity index (χ0v) is 19.3. The number of aliphatic hydroxyl groups excluding tert-OH is 1. The summed E-state index contributed by atoms with van der Waals surface area (Å²) < 4.78 is 28.9. The second-order valence-electron chi connectivity index (χ2n) is 10.6. The summed E-state index contributed by atoms with van der Waals surface area (Å²) in [5, 5.41) is 33.0. The molecule has 13 heteroatoms. The van der Waals surface area contributed by atoms with E-state index < -0.39 is 88.4 Å². The summed E-state index contributed by atoms with van der Waals surface area (Å²) in [6.45, 7) is 3.07. The number of ether oxygens (including phenoxy) is 5. The van der Waals surface area contributed by atoms with Crippen LogP contribution in [0.2, 0.25) is 0 Å². The average molecular weight is 494 g/mol. The summed E-state index contributed by atoms with van der Waals surface area (Å²) in [5.74, 6) is -5.29. The van der Waals surface area contributed by atoms with E-state index in [4.69, 9.17) is 28.8 Å². The van der Waals surface area contributed by atoms with Crippen molar-refractivity contribution >= 4 is 31.1 Å². The third-order valence-electron chi connectivity index (χ3n) is 9.58. The van der Waals surface area contributed by atoms with Gasteiger partial charge in [-0.3, -0.25) is 9.59 Å². The lowest BCUT2D eigenvalue weighted by Crippen LogP contribution is -2.67. The Hall–Kier alpha value is -2.22. The van der Waals surface area contributed by atoms with Gasteiger partial charge in [-0.05, 0) is 25.7 Å². The molecule has 6 aliphatic rings. The van der Waals surface area contributed by atoms with Gasteiger partial charge in [-0.2, -0.15) is 0 Å². The molecule has 0 amide bonds. The summed E-state index contributed by atoms with van der Waals surface area (Å²) in [6.07, 6.45) is -4.44.